The van der Waals surface area contributed by atoms with E-state index in [1.165, 1.54) is 0 Å². The Morgan fingerprint density at radius 3 is 2.94 bits per heavy atom. The molecule has 17 heavy (non-hydrogen) atoms. The second-order valence-corrected chi connectivity index (χ2v) is 3.97. The first kappa shape index (κ1) is 13.8. The van der Waals surface area contributed by atoms with E-state index >= 15 is 0 Å². The minimum Gasteiger partial charge on any atom is -0.408 e. The van der Waals surface area contributed by atoms with E-state index in [2.05, 4.69) is 20.8 Å². The van der Waals surface area contributed by atoms with Crippen molar-refractivity contribution in [2.24, 2.45) is 0 Å². The van der Waals surface area contributed by atoms with Gasteiger partial charge < -0.3 is 15.1 Å². The summed E-state index contributed by atoms with van der Waals surface area (Å²) in [5, 5.41) is 13.2. The standard InChI is InChI=1S/C10H17ClN4O2/c1-3-6-12-9(16)7(2)13-10-15-14-8(17-10)4-5-11/h7H,3-6H2,1-2H3,(H,12,16)(H,13,15). The summed E-state index contributed by atoms with van der Waals surface area (Å²) in [4.78, 5) is 11.6. The lowest BCUT2D eigenvalue weighted by atomic mass is 10.3. The number of anilines is 1. The van der Waals surface area contributed by atoms with Crippen molar-refractivity contribution in [3.05, 3.63) is 5.89 Å². The van der Waals surface area contributed by atoms with Crippen LogP contribution in [0.15, 0.2) is 4.42 Å². The summed E-state index contributed by atoms with van der Waals surface area (Å²) in [5.41, 5.74) is 0. The molecule has 0 aliphatic rings. The number of amides is 1. The van der Waals surface area contributed by atoms with Crippen LogP contribution in [-0.4, -0.2) is 34.6 Å². The molecule has 0 spiro atoms. The van der Waals surface area contributed by atoms with Gasteiger partial charge in [-0.3, -0.25) is 4.79 Å². The minimum absolute atomic E-state index is 0.0936. The topological polar surface area (TPSA) is 80.0 Å². The fraction of sp³-hybridized carbons (Fsp3) is 0.700. The van der Waals surface area contributed by atoms with Crippen LogP contribution in [0.25, 0.3) is 0 Å². The van der Waals surface area contributed by atoms with E-state index in [4.69, 9.17) is 16.0 Å². The number of carbonyl (C=O) groups is 1. The number of aromatic nitrogens is 2. The Morgan fingerprint density at radius 1 is 1.53 bits per heavy atom. The van der Waals surface area contributed by atoms with Crippen molar-refractivity contribution in [1.29, 1.82) is 0 Å². The summed E-state index contributed by atoms with van der Waals surface area (Å²) in [6.45, 7) is 4.39. The van der Waals surface area contributed by atoms with Gasteiger partial charge in [0.15, 0.2) is 0 Å². The van der Waals surface area contributed by atoms with Gasteiger partial charge in [0.1, 0.15) is 6.04 Å². The molecule has 0 aliphatic carbocycles. The monoisotopic (exact) mass is 260 g/mol. The molecular formula is C10H17ClN4O2. The fourth-order valence-electron chi connectivity index (χ4n) is 1.15. The summed E-state index contributed by atoms with van der Waals surface area (Å²) in [6.07, 6.45) is 1.42. The van der Waals surface area contributed by atoms with Crippen molar-refractivity contribution in [3.63, 3.8) is 0 Å². The van der Waals surface area contributed by atoms with Gasteiger partial charge in [-0.2, -0.15) is 0 Å². The number of carbonyl (C=O) groups excluding carboxylic acids is 1. The van der Waals surface area contributed by atoms with Gasteiger partial charge in [0.05, 0.1) is 0 Å². The molecule has 1 unspecified atom stereocenters. The summed E-state index contributed by atoms with van der Waals surface area (Å²) >= 11 is 5.55. The third kappa shape index (κ3) is 4.60. The highest BCUT2D eigenvalue weighted by Crippen LogP contribution is 2.07. The van der Waals surface area contributed by atoms with E-state index in [1.54, 1.807) is 6.92 Å². The molecule has 0 aromatic carbocycles. The second-order valence-electron chi connectivity index (χ2n) is 3.60. The average molecular weight is 261 g/mol. The Bertz CT molecular complexity index is 356. The van der Waals surface area contributed by atoms with Gasteiger partial charge in [0.2, 0.25) is 11.8 Å². The van der Waals surface area contributed by atoms with Gasteiger partial charge in [0.25, 0.3) is 0 Å². The maximum atomic E-state index is 11.6. The number of aryl methyl sites for hydroxylation is 1. The Kier molecular flexibility index (Phi) is 5.76. The molecule has 1 atom stereocenters. The first-order valence-electron chi connectivity index (χ1n) is 5.60. The average Bonchev–Trinajstić information content (AvgIpc) is 2.74. The van der Waals surface area contributed by atoms with Crippen molar-refractivity contribution < 1.29 is 9.21 Å². The maximum Gasteiger partial charge on any atom is 0.316 e. The fourth-order valence-corrected chi connectivity index (χ4v) is 1.31. The first-order chi connectivity index (χ1) is 8.17. The molecule has 1 aromatic rings. The quantitative estimate of drug-likeness (QED) is 0.720. The molecular weight excluding hydrogens is 244 g/mol. The zero-order valence-electron chi connectivity index (χ0n) is 9.99. The second kappa shape index (κ2) is 7.11. The Labute approximate surface area is 105 Å². The van der Waals surface area contributed by atoms with Crippen LogP contribution in [0.3, 0.4) is 0 Å². The molecule has 1 rings (SSSR count). The number of nitrogens with one attached hydrogen (secondary N) is 2. The van der Waals surface area contributed by atoms with E-state index < -0.39 is 6.04 Å². The van der Waals surface area contributed by atoms with Crippen LogP contribution in [0.1, 0.15) is 26.2 Å². The Morgan fingerprint density at radius 2 is 2.29 bits per heavy atom. The highest BCUT2D eigenvalue weighted by Gasteiger charge is 2.14. The van der Waals surface area contributed by atoms with Crippen molar-refractivity contribution in [2.45, 2.75) is 32.7 Å². The molecule has 1 heterocycles. The van der Waals surface area contributed by atoms with Gasteiger partial charge in [-0.1, -0.05) is 12.0 Å². The molecule has 0 saturated carbocycles. The van der Waals surface area contributed by atoms with Crippen molar-refractivity contribution in [2.75, 3.05) is 17.7 Å². The van der Waals surface area contributed by atoms with E-state index in [0.717, 1.165) is 6.42 Å². The van der Waals surface area contributed by atoms with Crippen molar-refractivity contribution in [3.8, 4) is 0 Å². The molecule has 7 heteroatoms. The minimum atomic E-state index is -0.411. The van der Waals surface area contributed by atoms with Gasteiger partial charge in [-0.15, -0.1) is 16.7 Å². The van der Waals surface area contributed by atoms with Crippen LogP contribution in [-0.2, 0) is 11.2 Å². The van der Waals surface area contributed by atoms with E-state index in [0.29, 0.717) is 24.7 Å². The number of rotatable bonds is 7. The first-order valence-corrected chi connectivity index (χ1v) is 6.13. The van der Waals surface area contributed by atoms with Crippen LogP contribution in [0.2, 0.25) is 0 Å². The highest BCUT2D eigenvalue weighted by atomic mass is 35.5. The predicted octanol–water partition coefficient (Wildman–Crippen LogP) is 1.18. The van der Waals surface area contributed by atoms with Crippen LogP contribution in [0, 0.1) is 0 Å². The van der Waals surface area contributed by atoms with E-state index in [1.807, 2.05) is 6.92 Å². The van der Waals surface area contributed by atoms with Crippen LogP contribution in [0.4, 0.5) is 6.01 Å². The van der Waals surface area contributed by atoms with Crippen molar-refractivity contribution >= 4 is 23.5 Å². The van der Waals surface area contributed by atoms with Gasteiger partial charge in [-0.25, -0.2) is 0 Å². The lowest BCUT2D eigenvalue weighted by molar-refractivity contribution is -0.121. The summed E-state index contributed by atoms with van der Waals surface area (Å²) in [7, 11) is 0. The van der Waals surface area contributed by atoms with Crippen LogP contribution < -0.4 is 10.6 Å². The third-order valence-corrected chi connectivity index (χ3v) is 2.25. The molecule has 0 aliphatic heterocycles. The van der Waals surface area contributed by atoms with Gasteiger partial charge >= 0.3 is 6.01 Å². The van der Waals surface area contributed by atoms with E-state index in [-0.39, 0.29) is 11.9 Å². The van der Waals surface area contributed by atoms with Crippen LogP contribution in [0.5, 0.6) is 0 Å². The molecule has 0 saturated heterocycles. The lowest BCUT2D eigenvalue weighted by Crippen LogP contribution is -2.37. The largest absolute Gasteiger partial charge is 0.408 e. The molecule has 1 aromatic heterocycles. The number of nitrogens with zero attached hydrogens (tertiary/aromatic N) is 2. The number of hydrogen-bond donors (Lipinski definition) is 2. The van der Waals surface area contributed by atoms with Gasteiger partial charge in [-0.05, 0) is 13.3 Å². The highest BCUT2D eigenvalue weighted by molar-refractivity contribution is 6.17. The molecule has 0 bridgehead atoms. The Balaban J connectivity index is 2.43. The molecule has 96 valence electrons. The SMILES string of the molecule is CCCNC(=O)C(C)Nc1nnc(CCCl)o1. The zero-order valence-corrected chi connectivity index (χ0v) is 10.8. The maximum absolute atomic E-state index is 11.6. The number of halogens is 1. The normalized spacial score (nSPS) is 12.2. The summed E-state index contributed by atoms with van der Waals surface area (Å²) < 4.78 is 5.25. The summed E-state index contributed by atoms with van der Waals surface area (Å²) in [5.74, 6) is 0.793. The smallest absolute Gasteiger partial charge is 0.316 e. The molecule has 1 amide bonds. The molecule has 0 radical (unpaired) electrons. The Hall–Kier alpha value is -1.30. The summed E-state index contributed by atoms with van der Waals surface area (Å²) in [6, 6.07) is -0.171. The predicted molar refractivity (Wildman–Crippen MR) is 65.1 cm³/mol. The number of hydrogen-bond acceptors (Lipinski definition) is 5. The molecule has 0 fully saturated rings. The van der Waals surface area contributed by atoms with Crippen LogP contribution >= 0.6 is 11.6 Å². The zero-order chi connectivity index (χ0) is 12.7. The third-order valence-electron chi connectivity index (χ3n) is 2.06. The lowest BCUT2D eigenvalue weighted by Gasteiger charge is -2.11. The molecule has 6 nitrogen and oxygen atoms in total. The van der Waals surface area contributed by atoms with Gasteiger partial charge in [0, 0.05) is 18.8 Å². The van der Waals surface area contributed by atoms with Crippen molar-refractivity contribution in [1.82, 2.24) is 15.5 Å². The van der Waals surface area contributed by atoms with E-state index in [9.17, 15) is 4.79 Å². The number of alkyl halides is 1. The molecule has 2 N–H and O–H groups in total.